The second kappa shape index (κ2) is 15.6. The van der Waals surface area contributed by atoms with Crippen molar-refractivity contribution in [1.29, 1.82) is 0 Å². The molecule has 0 bridgehead atoms. The number of hydrogen-bond acceptors (Lipinski definition) is 5. The first-order chi connectivity index (χ1) is 22.4. The molecule has 2 amide bonds. The van der Waals surface area contributed by atoms with Gasteiger partial charge in [0.05, 0.1) is 18.0 Å². The number of aliphatic carboxylic acids is 1. The second-order valence-electron chi connectivity index (χ2n) is 10.6. The van der Waals surface area contributed by atoms with E-state index in [1.165, 1.54) is 30.1 Å². The van der Waals surface area contributed by atoms with Crippen LogP contribution in [0.15, 0.2) is 126 Å². The van der Waals surface area contributed by atoms with Crippen molar-refractivity contribution < 1.29 is 42.5 Å². The van der Waals surface area contributed by atoms with Crippen LogP contribution in [0.1, 0.15) is 41.3 Å². The molecule has 4 rings (SSSR count). The molecule has 3 N–H and O–H groups in total. The molecule has 0 heterocycles. The van der Waals surface area contributed by atoms with Gasteiger partial charge < -0.3 is 25.2 Å². The first-order valence-electron chi connectivity index (χ1n) is 14.7. The molecule has 0 spiro atoms. The standard InChI is InChI=1S/C36H33F3N2O6/c1-2-26(7-6-20-36(37,38)39)34(44)41(28-16-19-32(42)31(21-28)35(45)46)23-25-10-14-27(15-11-25)33(43)40-22-24-12-17-30(18-13-24)47-29-8-4-3-5-9-29/h2-15,17-19,21,28,42H,16,20,22-23H2,1H3,(H,40,43)(H,45,46)/b7-6-,26-2+. The van der Waals surface area contributed by atoms with E-state index < -0.39 is 36.3 Å². The summed E-state index contributed by atoms with van der Waals surface area (Å²) < 4.78 is 43.9. The number of carbonyl (C=O) groups is 3. The van der Waals surface area contributed by atoms with E-state index >= 15 is 0 Å². The number of hydrogen-bond donors (Lipinski definition) is 3. The molecule has 11 heteroatoms. The minimum atomic E-state index is -4.45. The zero-order valence-corrected chi connectivity index (χ0v) is 25.4. The Morgan fingerprint density at radius 2 is 1.60 bits per heavy atom. The van der Waals surface area contributed by atoms with Crippen LogP contribution in [-0.4, -0.2) is 45.1 Å². The number of amides is 2. The molecule has 0 saturated heterocycles. The molecule has 0 fully saturated rings. The van der Waals surface area contributed by atoms with Crippen LogP contribution >= 0.6 is 0 Å². The van der Waals surface area contributed by atoms with Gasteiger partial charge in [0.1, 0.15) is 17.3 Å². The van der Waals surface area contributed by atoms with Crippen molar-refractivity contribution in [3.8, 4) is 11.5 Å². The van der Waals surface area contributed by atoms with E-state index in [0.29, 0.717) is 22.6 Å². The SMILES string of the molecule is C/C=C(\C=C/CC(F)(F)F)C(=O)N(Cc1ccc(C(=O)NCc2ccc(Oc3ccccc3)cc2)cc1)C1C=C(C(=O)O)C(O)=CC1. The largest absolute Gasteiger partial charge is 0.507 e. The van der Waals surface area contributed by atoms with E-state index in [9.17, 15) is 37.8 Å². The zero-order chi connectivity index (χ0) is 34.0. The average Bonchev–Trinajstić information content (AvgIpc) is 3.05. The van der Waals surface area contributed by atoms with E-state index in [-0.39, 0.29) is 36.6 Å². The van der Waals surface area contributed by atoms with Gasteiger partial charge in [-0.25, -0.2) is 4.79 Å². The number of allylic oxidation sites excluding steroid dienone is 2. The van der Waals surface area contributed by atoms with Gasteiger partial charge in [-0.3, -0.25) is 9.59 Å². The molecule has 0 saturated carbocycles. The van der Waals surface area contributed by atoms with E-state index in [1.807, 2.05) is 42.5 Å². The van der Waals surface area contributed by atoms with Crippen LogP contribution in [-0.2, 0) is 22.7 Å². The van der Waals surface area contributed by atoms with Crippen molar-refractivity contribution >= 4 is 17.8 Å². The average molecular weight is 647 g/mol. The topological polar surface area (TPSA) is 116 Å². The zero-order valence-electron chi connectivity index (χ0n) is 25.4. The van der Waals surface area contributed by atoms with Gasteiger partial charge in [0.25, 0.3) is 11.8 Å². The number of benzene rings is 3. The Balaban J connectivity index is 1.44. The molecule has 0 aliphatic heterocycles. The molecule has 1 atom stereocenters. The summed E-state index contributed by atoms with van der Waals surface area (Å²) in [4.78, 5) is 39.4. The number of aliphatic hydroxyl groups excluding tert-OH is 1. The number of nitrogens with one attached hydrogen (secondary N) is 1. The molecular weight excluding hydrogens is 613 g/mol. The molecule has 3 aromatic rings. The van der Waals surface area contributed by atoms with Gasteiger partial charge in [0, 0.05) is 24.2 Å². The molecule has 8 nitrogen and oxygen atoms in total. The van der Waals surface area contributed by atoms with E-state index in [2.05, 4.69) is 5.32 Å². The molecule has 0 aromatic heterocycles. The summed E-state index contributed by atoms with van der Waals surface area (Å²) in [6.07, 6.45) is 0.228. The Morgan fingerprint density at radius 1 is 0.957 bits per heavy atom. The van der Waals surface area contributed by atoms with Gasteiger partial charge in [-0.05, 0) is 73.0 Å². The molecule has 244 valence electrons. The highest BCUT2D eigenvalue weighted by Crippen LogP contribution is 2.26. The van der Waals surface area contributed by atoms with Gasteiger partial charge in [-0.2, -0.15) is 13.2 Å². The second-order valence-corrected chi connectivity index (χ2v) is 10.6. The first kappa shape index (κ1) is 34.3. The van der Waals surface area contributed by atoms with Crippen molar-refractivity contribution in [1.82, 2.24) is 10.2 Å². The lowest BCUT2D eigenvalue weighted by atomic mass is 9.98. The van der Waals surface area contributed by atoms with Gasteiger partial charge in [0.15, 0.2) is 0 Å². The lowest BCUT2D eigenvalue weighted by molar-refractivity contribution is -0.133. The lowest BCUT2D eigenvalue weighted by Crippen LogP contribution is -2.40. The number of alkyl halides is 3. The fourth-order valence-corrected chi connectivity index (χ4v) is 4.74. The molecule has 47 heavy (non-hydrogen) atoms. The summed E-state index contributed by atoms with van der Waals surface area (Å²) in [6.45, 7) is 1.72. The number of carboxylic acids is 1. The third-order valence-corrected chi connectivity index (χ3v) is 7.21. The Bertz CT molecular complexity index is 1690. The van der Waals surface area contributed by atoms with E-state index in [1.54, 1.807) is 36.4 Å². The Labute approximate surface area is 269 Å². The monoisotopic (exact) mass is 646 g/mol. The summed E-state index contributed by atoms with van der Waals surface area (Å²) in [5, 5.41) is 22.4. The molecule has 1 aliphatic carbocycles. The number of nitrogens with zero attached hydrogens (tertiary/aromatic N) is 1. The predicted octanol–water partition coefficient (Wildman–Crippen LogP) is 7.42. The maximum absolute atomic E-state index is 13.6. The molecule has 3 aromatic carbocycles. The number of halogens is 3. The van der Waals surface area contributed by atoms with Gasteiger partial charge in [-0.1, -0.05) is 60.7 Å². The quantitative estimate of drug-likeness (QED) is 0.139. The highest BCUT2D eigenvalue weighted by Gasteiger charge is 2.29. The van der Waals surface area contributed by atoms with E-state index in [4.69, 9.17) is 4.74 Å². The number of ether oxygens (including phenoxy) is 1. The summed E-state index contributed by atoms with van der Waals surface area (Å²) in [5.41, 5.74) is 1.39. The molecular formula is C36H33F3N2O6. The van der Waals surface area contributed by atoms with Gasteiger partial charge in [0.2, 0.25) is 0 Å². The smallest absolute Gasteiger partial charge is 0.392 e. The van der Waals surface area contributed by atoms with Crippen LogP contribution in [0.2, 0.25) is 0 Å². The predicted molar refractivity (Wildman–Crippen MR) is 170 cm³/mol. The minimum Gasteiger partial charge on any atom is -0.507 e. The fourth-order valence-electron chi connectivity index (χ4n) is 4.74. The van der Waals surface area contributed by atoms with Crippen molar-refractivity contribution in [2.45, 2.75) is 45.1 Å². The summed E-state index contributed by atoms with van der Waals surface area (Å²) in [5.74, 6) is -1.43. The Morgan fingerprint density at radius 3 is 2.21 bits per heavy atom. The first-order valence-corrected chi connectivity index (χ1v) is 14.7. The maximum atomic E-state index is 13.6. The minimum absolute atomic E-state index is 0.0195. The summed E-state index contributed by atoms with van der Waals surface area (Å²) in [7, 11) is 0. The van der Waals surface area contributed by atoms with Crippen molar-refractivity contribution in [2.75, 3.05) is 0 Å². The van der Waals surface area contributed by atoms with Crippen LogP contribution < -0.4 is 10.1 Å². The van der Waals surface area contributed by atoms with Crippen molar-refractivity contribution in [3.05, 3.63) is 143 Å². The third kappa shape index (κ3) is 9.95. The van der Waals surface area contributed by atoms with Crippen molar-refractivity contribution in [2.24, 2.45) is 0 Å². The summed E-state index contributed by atoms with van der Waals surface area (Å²) >= 11 is 0. The third-order valence-electron chi connectivity index (χ3n) is 7.21. The van der Waals surface area contributed by atoms with Crippen LogP contribution in [0.4, 0.5) is 13.2 Å². The number of rotatable bonds is 12. The maximum Gasteiger partial charge on any atom is 0.392 e. The van der Waals surface area contributed by atoms with Crippen molar-refractivity contribution in [3.63, 3.8) is 0 Å². The Kier molecular flexibility index (Phi) is 11.4. The number of carboxylic acid groups (broad SMARTS) is 1. The van der Waals surface area contributed by atoms with Crippen LogP contribution in [0.3, 0.4) is 0 Å². The number of aliphatic hydroxyl groups is 1. The van der Waals surface area contributed by atoms with Crippen LogP contribution in [0.5, 0.6) is 11.5 Å². The van der Waals surface area contributed by atoms with Crippen LogP contribution in [0.25, 0.3) is 0 Å². The molecule has 1 aliphatic rings. The Hall–Kier alpha value is -5.58. The van der Waals surface area contributed by atoms with Gasteiger partial charge in [-0.15, -0.1) is 0 Å². The molecule has 1 unspecified atom stereocenters. The number of carbonyl (C=O) groups excluding carboxylic acids is 2. The summed E-state index contributed by atoms with van der Waals surface area (Å²) in [6, 6.07) is 22.2. The molecule has 0 radical (unpaired) electrons. The van der Waals surface area contributed by atoms with E-state index in [0.717, 1.165) is 17.7 Å². The fraction of sp³-hybridized carbons (Fsp3) is 0.194. The highest BCUT2D eigenvalue weighted by atomic mass is 19.4. The number of para-hydroxylation sites is 1. The lowest BCUT2D eigenvalue weighted by Gasteiger charge is -2.32. The van der Waals surface area contributed by atoms with Crippen LogP contribution in [0, 0.1) is 0 Å². The highest BCUT2D eigenvalue weighted by molar-refractivity contribution is 5.97. The van der Waals surface area contributed by atoms with Gasteiger partial charge >= 0.3 is 12.1 Å². The normalized spacial score (nSPS) is 15.1.